The minimum Gasteiger partial charge on any atom is -0.486 e. The highest BCUT2D eigenvalue weighted by atomic mass is 16.5. The Morgan fingerprint density at radius 1 is 0.647 bits per heavy atom. The molecular weight excluding hydrogens is 1030 g/mol. The number of hydrogen-bond acceptors (Lipinski definition) is 4. The molecule has 13 aliphatic carbocycles. The van der Waals surface area contributed by atoms with Gasteiger partial charge < -0.3 is 19.3 Å². The molecule has 0 bridgehead atoms. The van der Waals surface area contributed by atoms with Gasteiger partial charge in [-0.2, -0.15) is 0 Å². The van der Waals surface area contributed by atoms with Crippen LogP contribution in [0.5, 0.6) is 0 Å². The van der Waals surface area contributed by atoms with Gasteiger partial charge in [0.2, 0.25) is 0 Å². The van der Waals surface area contributed by atoms with Crippen LogP contribution in [0.15, 0.2) is 226 Å². The van der Waals surface area contributed by atoms with E-state index in [9.17, 15) is 0 Å². The maximum atomic E-state index is 6.97. The zero-order valence-corrected chi connectivity index (χ0v) is 51.8. The van der Waals surface area contributed by atoms with E-state index < -0.39 is 0 Å². The predicted octanol–water partition coefficient (Wildman–Crippen LogP) is 20.2. The SMILES string of the molecule is C=CC1=CC=C(N2C3CCC(C4=CCC(C=C)CC4)C=C3C3CC(C4=CC=C(N(C5=CC6=C(CC5)C5CCC=CC5O6)C5=CC6C(CC5)C5=C(C=CCC5)C6(C5=CCC(OC6CC=C(C=C)CC6)C=C5)C5C=C(C)CCC5C)CC4)CCC32)CC1. The van der Waals surface area contributed by atoms with Crippen molar-refractivity contribution in [3.05, 3.63) is 226 Å². The van der Waals surface area contributed by atoms with Crippen LogP contribution >= 0.6 is 0 Å². The summed E-state index contributed by atoms with van der Waals surface area (Å²) in [5, 5.41) is 0. The lowest BCUT2D eigenvalue weighted by Crippen LogP contribution is -2.44. The molecule has 85 heavy (non-hydrogen) atoms. The van der Waals surface area contributed by atoms with Crippen LogP contribution in [0.1, 0.15) is 181 Å². The number of rotatable bonds is 13. The molecule has 2 fully saturated rings. The quantitative estimate of drug-likeness (QED) is 0.172. The molecule has 1 saturated carbocycles. The highest BCUT2D eigenvalue weighted by molar-refractivity contribution is 5.57. The van der Waals surface area contributed by atoms with Gasteiger partial charge in [0.05, 0.1) is 18.2 Å². The summed E-state index contributed by atoms with van der Waals surface area (Å²) >= 11 is 0. The molecule has 0 aromatic heterocycles. The molecule has 4 heteroatoms. The number of hydrogen-bond donors (Lipinski definition) is 0. The van der Waals surface area contributed by atoms with Gasteiger partial charge in [0.15, 0.2) is 0 Å². The van der Waals surface area contributed by atoms with Gasteiger partial charge in [0.1, 0.15) is 11.9 Å². The van der Waals surface area contributed by atoms with Gasteiger partial charge in [0, 0.05) is 46.1 Å². The van der Waals surface area contributed by atoms with Crippen LogP contribution in [0.3, 0.4) is 0 Å². The van der Waals surface area contributed by atoms with Crippen LogP contribution in [0.4, 0.5) is 0 Å². The van der Waals surface area contributed by atoms with Crippen molar-refractivity contribution in [1.82, 2.24) is 9.80 Å². The van der Waals surface area contributed by atoms with Crippen LogP contribution in [0.2, 0.25) is 0 Å². The molecule has 15 atom stereocenters. The van der Waals surface area contributed by atoms with Crippen molar-refractivity contribution in [1.29, 1.82) is 0 Å². The van der Waals surface area contributed by atoms with Crippen molar-refractivity contribution in [2.24, 2.45) is 58.7 Å². The van der Waals surface area contributed by atoms with E-state index in [-0.39, 0.29) is 23.7 Å². The Morgan fingerprint density at radius 3 is 2.35 bits per heavy atom. The second-order valence-corrected chi connectivity index (χ2v) is 29.0. The molecule has 0 N–H and O–H groups in total. The lowest BCUT2D eigenvalue weighted by Gasteiger charge is -2.51. The summed E-state index contributed by atoms with van der Waals surface area (Å²) in [6.07, 6.45) is 81.3. The lowest BCUT2D eigenvalue weighted by atomic mass is 9.53. The van der Waals surface area contributed by atoms with Gasteiger partial charge in [0.25, 0.3) is 0 Å². The summed E-state index contributed by atoms with van der Waals surface area (Å²) in [4.78, 5) is 5.86. The second kappa shape index (κ2) is 23.5. The Kier molecular flexibility index (Phi) is 15.5. The Morgan fingerprint density at radius 2 is 1.56 bits per heavy atom. The van der Waals surface area contributed by atoms with Crippen molar-refractivity contribution in [2.45, 2.75) is 211 Å². The van der Waals surface area contributed by atoms with E-state index in [4.69, 9.17) is 9.47 Å². The Bertz CT molecular complexity index is 3280. The smallest absolute Gasteiger partial charge is 0.123 e. The number of nitrogens with zero attached hydrogens (tertiary/aromatic N) is 2. The van der Waals surface area contributed by atoms with Crippen LogP contribution in [-0.4, -0.2) is 40.2 Å². The standard InChI is InChI=1S/C81H98N2O2/c1-6-54-19-25-57(26-20-54)59-29-45-77-72(48-59)73-49-60(30-46-78(73)83(77)63-33-21-55(7-2)22-34-63)58-27-35-62(36-28-58)82(65-38-44-71-70-14-10-12-16-79(70)85-80(71)51-65)64-37-43-69-68-13-9-11-15-74(68)81(76(69)50-64,75-47-52(4)17-18-53(75)5)61-31-41-67(42-32-61)84-66-39-23-56(8-3)24-40-66/h6-8,11-12,15-16,21,23,25,27,31-33,35,41,47-48,50-51,53-54,59-60,66-67,69-70,73,75-79H,1-3,9-10,13-14,17-20,22,24,26,28-30,34,36-40,42-46,49H2,4-5H3. The highest BCUT2D eigenvalue weighted by Crippen LogP contribution is 2.68. The van der Waals surface area contributed by atoms with Gasteiger partial charge >= 0.3 is 0 Å². The minimum absolute atomic E-state index is 0.117. The summed E-state index contributed by atoms with van der Waals surface area (Å²) in [7, 11) is 0. The molecule has 2 aliphatic heterocycles. The van der Waals surface area contributed by atoms with E-state index in [0.29, 0.717) is 65.3 Å². The molecule has 0 aromatic carbocycles. The van der Waals surface area contributed by atoms with E-state index in [0.717, 1.165) is 77.0 Å². The molecule has 15 rings (SSSR count). The molecule has 4 nitrogen and oxygen atoms in total. The molecular formula is C81H98N2O2. The van der Waals surface area contributed by atoms with E-state index in [1.165, 1.54) is 118 Å². The first-order valence-corrected chi connectivity index (χ1v) is 34.7. The predicted molar refractivity (Wildman–Crippen MR) is 351 cm³/mol. The average Bonchev–Trinajstić information content (AvgIpc) is 1.62. The largest absolute Gasteiger partial charge is 0.486 e. The summed E-state index contributed by atoms with van der Waals surface area (Å²) in [6, 6.07) is 1.16. The van der Waals surface area contributed by atoms with Crippen molar-refractivity contribution in [3.8, 4) is 0 Å². The fraction of sp³-hybridized carbons (Fsp3) is 0.531. The molecule has 15 aliphatic rings. The van der Waals surface area contributed by atoms with E-state index >= 15 is 0 Å². The molecule has 0 amide bonds. The van der Waals surface area contributed by atoms with Crippen LogP contribution < -0.4 is 0 Å². The van der Waals surface area contributed by atoms with E-state index in [2.05, 4.69) is 159 Å². The third kappa shape index (κ3) is 10.1. The van der Waals surface area contributed by atoms with Crippen LogP contribution in [0, 0.1) is 58.7 Å². The maximum Gasteiger partial charge on any atom is 0.123 e. The molecule has 0 aromatic rings. The molecule has 444 valence electrons. The van der Waals surface area contributed by atoms with E-state index in [1.54, 1.807) is 56.0 Å². The summed E-state index contributed by atoms with van der Waals surface area (Å²) in [5.41, 5.74) is 22.1. The van der Waals surface area contributed by atoms with E-state index in [1.807, 2.05) is 6.08 Å². The maximum absolute atomic E-state index is 6.97. The molecule has 0 spiro atoms. The van der Waals surface area contributed by atoms with Crippen LogP contribution in [0.25, 0.3) is 0 Å². The van der Waals surface area contributed by atoms with Crippen molar-refractivity contribution in [3.63, 3.8) is 0 Å². The fourth-order valence-electron chi connectivity index (χ4n) is 20.4. The highest BCUT2D eigenvalue weighted by Gasteiger charge is 2.60. The van der Waals surface area contributed by atoms with Crippen molar-refractivity contribution < 1.29 is 9.47 Å². The average molecular weight is 1130 g/mol. The Hall–Kier alpha value is -5.58. The van der Waals surface area contributed by atoms with Crippen molar-refractivity contribution in [2.75, 3.05) is 0 Å². The zero-order chi connectivity index (χ0) is 57.3. The molecule has 1 saturated heterocycles. The monoisotopic (exact) mass is 1130 g/mol. The Labute approximate surface area is 511 Å². The van der Waals surface area contributed by atoms with Gasteiger partial charge in [-0.15, -0.1) is 6.58 Å². The van der Waals surface area contributed by atoms with Gasteiger partial charge in [-0.25, -0.2) is 0 Å². The molecule has 2 heterocycles. The summed E-state index contributed by atoms with van der Waals surface area (Å²) in [5.74, 6) is 6.17. The lowest BCUT2D eigenvalue weighted by molar-refractivity contribution is 0.00861. The fourth-order valence-corrected chi connectivity index (χ4v) is 20.4. The number of allylic oxidation sites excluding steroid dienone is 28. The number of ether oxygens (including phenoxy) is 2. The van der Waals surface area contributed by atoms with Gasteiger partial charge in [-0.3, -0.25) is 0 Å². The molecule has 15 unspecified atom stereocenters. The normalized spacial score (nSPS) is 38.3. The summed E-state index contributed by atoms with van der Waals surface area (Å²) < 4.78 is 13.9. The zero-order valence-electron chi connectivity index (χ0n) is 51.8. The first-order valence-electron chi connectivity index (χ1n) is 34.7. The molecule has 0 radical (unpaired) electrons. The topological polar surface area (TPSA) is 24.9 Å². The number of likely N-dealkylation sites (tertiary alicyclic amines) is 1. The number of fused-ring (bicyclic) bond motifs is 7. The third-order valence-corrected chi connectivity index (χ3v) is 24.7. The van der Waals surface area contributed by atoms with Gasteiger partial charge in [-0.05, 0) is 267 Å². The third-order valence-electron chi connectivity index (χ3n) is 24.7. The van der Waals surface area contributed by atoms with Gasteiger partial charge in [-0.1, -0.05) is 145 Å². The van der Waals surface area contributed by atoms with Crippen LogP contribution in [-0.2, 0) is 9.47 Å². The minimum atomic E-state index is -0.132. The van der Waals surface area contributed by atoms with Crippen molar-refractivity contribution >= 4 is 0 Å². The first-order chi connectivity index (χ1) is 41.8. The second-order valence-electron chi connectivity index (χ2n) is 29.0. The Balaban J connectivity index is 0.781. The first kappa shape index (κ1) is 56.0. The summed E-state index contributed by atoms with van der Waals surface area (Å²) in [6.45, 7) is 17.4.